The maximum absolute atomic E-state index is 12.9. The Kier molecular flexibility index (Phi) is 6.39. The van der Waals surface area contributed by atoms with Crippen molar-refractivity contribution in [2.75, 3.05) is 11.5 Å². The van der Waals surface area contributed by atoms with Crippen LogP contribution in [0.1, 0.15) is 28.4 Å². The lowest BCUT2D eigenvalue weighted by atomic mass is 10.2. The van der Waals surface area contributed by atoms with Crippen LogP contribution in [0.15, 0.2) is 69.1 Å². The van der Waals surface area contributed by atoms with Crippen LogP contribution in [0, 0.1) is 6.92 Å². The fraction of sp³-hybridized carbons (Fsp3) is 0.227. The van der Waals surface area contributed by atoms with Gasteiger partial charge < -0.3 is 5.73 Å². The van der Waals surface area contributed by atoms with Gasteiger partial charge in [-0.3, -0.25) is 18.7 Å². The average Bonchev–Trinajstić information content (AvgIpc) is 2.71. The number of thioether (sulfide) groups is 1. The van der Waals surface area contributed by atoms with Crippen molar-refractivity contribution < 1.29 is 4.79 Å². The number of ketones is 1. The van der Waals surface area contributed by atoms with E-state index in [0.29, 0.717) is 0 Å². The number of nitrogens with zero attached hydrogens (tertiary/aromatic N) is 2. The molecule has 0 atom stereocenters. The Hall–Kier alpha value is -3.06. The molecule has 1 aromatic heterocycles. The van der Waals surface area contributed by atoms with Gasteiger partial charge in [-0.15, -0.1) is 11.8 Å². The highest BCUT2D eigenvalue weighted by atomic mass is 32.2. The normalized spacial score (nSPS) is 10.8. The SMILES string of the molecule is CCn1c(=O)c(C(=O)CSc2cccc(C)c2)c(N)n(Cc2ccccc2)c1=O. The molecule has 0 aliphatic rings. The van der Waals surface area contributed by atoms with E-state index in [2.05, 4.69) is 0 Å². The first kappa shape index (κ1) is 20.7. The number of nitrogens with two attached hydrogens (primary N) is 1. The molecule has 0 aliphatic carbocycles. The Morgan fingerprint density at radius 1 is 1.03 bits per heavy atom. The number of benzene rings is 2. The zero-order chi connectivity index (χ0) is 21.0. The monoisotopic (exact) mass is 409 g/mol. The maximum atomic E-state index is 12.9. The topological polar surface area (TPSA) is 87.1 Å². The Morgan fingerprint density at radius 2 is 1.76 bits per heavy atom. The number of carbonyl (C=O) groups excluding carboxylic acids is 1. The number of carbonyl (C=O) groups is 1. The molecule has 0 saturated carbocycles. The van der Waals surface area contributed by atoms with E-state index in [0.717, 1.165) is 20.6 Å². The van der Waals surface area contributed by atoms with Crippen molar-refractivity contribution in [3.05, 3.63) is 92.1 Å². The molecule has 2 N–H and O–H groups in total. The number of hydrogen-bond acceptors (Lipinski definition) is 5. The highest BCUT2D eigenvalue weighted by Crippen LogP contribution is 2.21. The van der Waals surface area contributed by atoms with Crippen LogP contribution in [0.25, 0.3) is 0 Å². The third-order valence-electron chi connectivity index (χ3n) is 4.61. The molecule has 29 heavy (non-hydrogen) atoms. The summed E-state index contributed by atoms with van der Waals surface area (Å²) in [5.74, 6) is -0.401. The van der Waals surface area contributed by atoms with Crippen LogP contribution in [0.4, 0.5) is 5.82 Å². The van der Waals surface area contributed by atoms with Gasteiger partial charge in [0.25, 0.3) is 5.56 Å². The Morgan fingerprint density at radius 3 is 2.41 bits per heavy atom. The lowest BCUT2D eigenvalue weighted by Crippen LogP contribution is -2.44. The van der Waals surface area contributed by atoms with Gasteiger partial charge >= 0.3 is 5.69 Å². The summed E-state index contributed by atoms with van der Waals surface area (Å²) in [5, 5.41) is 0. The summed E-state index contributed by atoms with van der Waals surface area (Å²) < 4.78 is 2.36. The van der Waals surface area contributed by atoms with E-state index in [9.17, 15) is 14.4 Å². The van der Waals surface area contributed by atoms with Crippen LogP contribution < -0.4 is 17.0 Å². The minimum atomic E-state index is -0.630. The lowest BCUT2D eigenvalue weighted by Gasteiger charge is -2.15. The van der Waals surface area contributed by atoms with Crippen molar-refractivity contribution in [2.45, 2.75) is 31.8 Å². The summed E-state index contributed by atoms with van der Waals surface area (Å²) in [6, 6.07) is 17.1. The van der Waals surface area contributed by atoms with Gasteiger partial charge in [-0.1, -0.05) is 48.0 Å². The summed E-state index contributed by atoms with van der Waals surface area (Å²) >= 11 is 1.34. The highest BCUT2D eigenvalue weighted by Gasteiger charge is 2.22. The number of nitrogen functional groups attached to an aromatic ring is 1. The van der Waals surface area contributed by atoms with Crippen molar-refractivity contribution in [2.24, 2.45) is 0 Å². The van der Waals surface area contributed by atoms with Crippen molar-refractivity contribution in [3.63, 3.8) is 0 Å². The smallest absolute Gasteiger partial charge is 0.332 e. The summed E-state index contributed by atoms with van der Waals surface area (Å²) in [5.41, 5.74) is 6.85. The first-order chi connectivity index (χ1) is 13.9. The number of aryl methyl sites for hydroxylation is 1. The molecule has 3 aromatic rings. The fourth-order valence-electron chi connectivity index (χ4n) is 3.10. The third-order valence-corrected chi connectivity index (χ3v) is 5.60. The molecule has 0 unspecified atom stereocenters. The van der Waals surface area contributed by atoms with Crippen LogP contribution in [-0.2, 0) is 13.1 Å². The summed E-state index contributed by atoms with van der Waals surface area (Å²) in [6.45, 7) is 4.03. The van der Waals surface area contributed by atoms with Gasteiger partial charge in [-0.05, 0) is 31.5 Å². The number of aromatic nitrogens is 2. The van der Waals surface area contributed by atoms with Gasteiger partial charge in [0.1, 0.15) is 11.4 Å². The zero-order valence-corrected chi connectivity index (χ0v) is 17.2. The number of Topliss-reactive ketones (excluding diaryl/α,β-unsaturated/α-hetero) is 1. The summed E-state index contributed by atoms with van der Waals surface area (Å²) in [6.07, 6.45) is 0. The zero-order valence-electron chi connectivity index (χ0n) is 16.4. The fourth-order valence-corrected chi connectivity index (χ4v) is 3.99. The summed E-state index contributed by atoms with van der Waals surface area (Å²) in [7, 11) is 0. The Balaban J connectivity index is 1.99. The van der Waals surface area contributed by atoms with Crippen molar-refractivity contribution >= 4 is 23.4 Å². The second-order valence-corrected chi connectivity index (χ2v) is 7.74. The maximum Gasteiger partial charge on any atom is 0.332 e. The first-order valence-corrected chi connectivity index (χ1v) is 10.3. The molecule has 6 nitrogen and oxygen atoms in total. The van der Waals surface area contributed by atoms with Gasteiger partial charge in [-0.25, -0.2) is 4.79 Å². The van der Waals surface area contributed by atoms with Crippen LogP contribution >= 0.6 is 11.8 Å². The molecule has 0 spiro atoms. The summed E-state index contributed by atoms with van der Waals surface area (Å²) in [4.78, 5) is 39.4. The first-order valence-electron chi connectivity index (χ1n) is 9.32. The molecule has 0 aliphatic heterocycles. The van der Waals surface area contributed by atoms with Crippen LogP contribution in [-0.4, -0.2) is 20.7 Å². The van der Waals surface area contributed by atoms with Crippen LogP contribution in [0.5, 0.6) is 0 Å². The molecule has 0 bridgehead atoms. The van der Waals surface area contributed by atoms with E-state index in [1.807, 2.05) is 61.5 Å². The molecule has 2 aromatic carbocycles. The second kappa shape index (κ2) is 8.96. The van der Waals surface area contributed by atoms with E-state index in [4.69, 9.17) is 5.73 Å². The Bertz CT molecular complexity index is 1150. The van der Waals surface area contributed by atoms with Crippen LogP contribution in [0.2, 0.25) is 0 Å². The van der Waals surface area contributed by atoms with E-state index in [-0.39, 0.29) is 36.0 Å². The van der Waals surface area contributed by atoms with Gasteiger partial charge in [-0.2, -0.15) is 0 Å². The van der Waals surface area contributed by atoms with E-state index < -0.39 is 11.2 Å². The lowest BCUT2D eigenvalue weighted by molar-refractivity contribution is 0.102. The number of hydrogen-bond donors (Lipinski definition) is 1. The van der Waals surface area contributed by atoms with E-state index in [1.165, 1.54) is 16.3 Å². The molecule has 150 valence electrons. The highest BCUT2D eigenvalue weighted by molar-refractivity contribution is 8.00. The molecular weight excluding hydrogens is 386 g/mol. The molecule has 0 fully saturated rings. The van der Waals surface area contributed by atoms with Gasteiger partial charge in [0.05, 0.1) is 12.3 Å². The minimum absolute atomic E-state index is 0.0656. The Labute approximate surface area is 173 Å². The van der Waals surface area contributed by atoms with Gasteiger partial charge in [0.2, 0.25) is 0 Å². The molecule has 7 heteroatoms. The predicted molar refractivity (Wildman–Crippen MR) is 117 cm³/mol. The van der Waals surface area contributed by atoms with Gasteiger partial charge in [0, 0.05) is 11.4 Å². The van der Waals surface area contributed by atoms with Crippen molar-refractivity contribution in [1.82, 2.24) is 9.13 Å². The molecule has 1 heterocycles. The van der Waals surface area contributed by atoms with E-state index >= 15 is 0 Å². The second-order valence-electron chi connectivity index (χ2n) is 6.69. The third kappa shape index (κ3) is 4.51. The van der Waals surface area contributed by atoms with Crippen LogP contribution in [0.3, 0.4) is 0 Å². The molecule has 0 amide bonds. The quantitative estimate of drug-likeness (QED) is 0.479. The van der Waals surface area contributed by atoms with Crippen molar-refractivity contribution in [1.29, 1.82) is 0 Å². The van der Waals surface area contributed by atoms with Crippen molar-refractivity contribution in [3.8, 4) is 0 Å². The molecule has 0 saturated heterocycles. The standard InChI is InChI=1S/C22H23N3O3S/c1-3-24-21(27)19(18(26)14-29-17-11-7-8-15(2)12-17)20(23)25(22(24)28)13-16-9-5-4-6-10-16/h4-12H,3,13-14,23H2,1-2H3. The minimum Gasteiger partial charge on any atom is -0.384 e. The molecule has 0 radical (unpaired) electrons. The largest absolute Gasteiger partial charge is 0.384 e. The predicted octanol–water partition coefficient (Wildman–Crippen LogP) is 2.94. The molecule has 3 rings (SSSR count). The molecular formula is C22H23N3O3S. The van der Waals surface area contributed by atoms with E-state index in [1.54, 1.807) is 6.92 Å². The average molecular weight is 410 g/mol. The van der Waals surface area contributed by atoms with Gasteiger partial charge in [0.15, 0.2) is 5.78 Å². The number of anilines is 1. The number of rotatable bonds is 7.